The zero-order valence-corrected chi connectivity index (χ0v) is 8.91. The van der Waals surface area contributed by atoms with Crippen molar-refractivity contribution >= 4 is 0 Å². The molecule has 0 aromatic rings. The lowest BCUT2D eigenvalue weighted by Crippen LogP contribution is -2.44. The molecule has 3 nitrogen and oxygen atoms in total. The van der Waals surface area contributed by atoms with Crippen LogP contribution in [0, 0.1) is 0 Å². The van der Waals surface area contributed by atoms with E-state index in [0.717, 1.165) is 0 Å². The lowest BCUT2D eigenvalue weighted by Gasteiger charge is -2.36. The molecule has 3 unspecified atom stereocenters. The lowest BCUT2D eigenvalue weighted by molar-refractivity contribution is -0.183. The highest BCUT2D eigenvalue weighted by molar-refractivity contribution is 4.80. The van der Waals surface area contributed by atoms with Crippen LogP contribution in [-0.4, -0.2) is 35.6 Å². The fourth-order valence-corrected chi connectivity index (χ4v) is 1.55. The Morgan fingerprint density at radius 2 is 2.00 bits per heavy atom. The quantitative estimate of drug-likeness (QED) is 0.710. The maximum atomic E-state index is 9.64. The highest BCUT2D eigenvalue weighted by Crippen LogP contribution is 2.22. The van der Waals surface area contributed by atoms with Gasteiger partial charge in [0.25, 0.3) is 0 Å². The van der Waals surface area contributed by atoms with Gasteiger partial charge in [-0.1, -0.05) is 0 Å². The average molecular weight is 188 g/mol. The topological polar surface area (TPSA) is 38.7 Å². The summed E-state index contributed by atoms with van der Waals surface area (Å²) in [5.74, 6) is 0. The second-order valence-corrected chi connectivity index (χ2v) is 4.54. The number of rotatable bonds is 2. The van der Waals surface area contributed by atoms with E-state index in [1.807, 2.05) is 13.8 Å². The molecule has 0 bridgehead atoms. The summed E-state index contributed by atoms with van der Waals surface area (Å²) in [6.07, 6.45) is 0.869. The minimum atomic E-state index is -0.681. The first kappa shape index (κ1) is 11.0. The van der Waals surface area contributed by atoms with Crippen molar-refractivity contribution < 1.29 is 14.6 Å². The van der Waals surface area contributed by atoms with E-state index in [1.165, 1.54) is 0 Å². The molecule has 1 heterocycles. The number of aliphatic hydroxyl groups is 1. The predicted octanol–water partition coefficient (Wildman–Crippen LogP) is 1.34. The standard InChI is InChI=1S/C10H20O3/c1-7-6-12-8(2)9(13-7)5-10(3,4)11/h7-9,11H,5-6H2,1-4H3. The Balaban J connectivity index is 2.47. The summed E-state index contributed by atoms with van der Waals surface area (Å²) >= 11 is 0. The average Bonchev–Trinajstić information content (AvgIpc) is 1.94. The fourth-order valence-electron chi connectivity index (χ4n) is 1.55. The molecule has 1 aliphatic rings. The Kier molecular flexibility index (Phi) is 3.33. The minimum Gasteiger partial charge on any atom is -0.390 e. The van der Waals surface area contributed by atoms with E-state index < -0.39 is 5.60 Å². The fraction of sp³-hybridized carbons (Fsp3) is 1.00. The Hall–Kier alpha value is -0.120. The Morgan fingerprint density at radius 1 is 1.38 bits per heavy atom. The van der Waals surface area contributed by atoms with E-state index in [0.29, 0.717) is 13.0 Å². The maximum absolute atomic E-state index is 9.64. The monoisotopic (exact) mass is 188 g/mol. The molecular formula is C10H20O3. The van der Waals surface area contributed by atoms with E-state index in [2.05, 4.69) is 0 Å². The van der Waals surface area contributed by atoms with E-state index in [-0.39, 0.29) is 18.3 Å². The van der Waals surface area contributed by atoms with Gasteiger partial charge in [-0.15, -0.1) is 0 Å². The summed E-state index contributed by atoms with van der Waals surface area (Å²) in [5.41, 5.74) is -0.681. The Labute approximate surface area is 80.0 Å². The molecule has 3 heteroatoms. The van der Waals surface area contributed by atoms with Crippen molar-refractivity contribution in [1.82, 2.24) is 0 Å². The predicted molar refractivity (Wildman–Crippen MR) is 50.7 cm³/mol. The van der Waals surface area contributed by atoms with Crippen LogP contribution in [0.5, 0.6) is 0 Å². The summed E-state index contributed by atoms with van der Waals surface area (Å²) in [4.78, 5) is 0. The van der Waals surface area contributed by atoms with Crippen molar-refractivity contribution in [2.45, 2.75) is 58.0 Å². The molecule has 0 aromatic heterocycles. The second kappa shape index (κ2) is 3.95. The highest BCUT2D eigenvalue weighted by atomic mass is 16.6. The minimum absolute atomic E-state index is 0.0174. The van der Waals surface area contributed by atoms with Crippen LogP contribution in [0.25, 0.3) is 0 Å². The molecule has 0 aromatic carbocycles. The van der Waals surface area contributed by atoms with Crippen LogP contribution in [0.1, 0.15) is 34.1 Å². The number of hydrogen-bond acceptors (Lipinski definition) is 3. The lowest BCUT2D eigenvalue weighted by atomic mass is 9.97. The van der Waals surface area contributed by atoms with Crippen molar-refractivity contribution in [3.63, 3.8) is 0 Å². The van der Waals surface area contributed by atoms with Gasteiger partial charge in [-0.25, -0.2) is 0 Å². The van der Waals surface area contributed by atoms with Gasteiger partial charge >= 0.3 is 0 Å². The third-order valence-corrected chi connectivity index (χ3v) is 2.23. The first-order valence-corrected chi connectivity index (χ1v) is 4.88. The van der Waals surface area contributed by atoms with Crippen LogP contribution >= 0.6 is 0 Å². The van der Waals surface area contributed by atoms with Gasteiger partial charge in [0.2, 0.25) is 0 Å². The van der Waals surface area contributed by atoms with Crippen molar-refractivity contribution in [3.8, 4) is 0 Å². The van der Waals surface area contributed by atoms with Gasteiger partial charge in [0.1, 0.15) is 0 Å². The molecule has 3 atom stereocenters. The van der Waals surface area contributed by atoms with Gasteiger partial charge in [0, 0.05) is 6.42 Å². The molecule has 1 rings (SSSR count). The molecule has 0 spiro atoms. The smallest absolute Gasteiger partial charge is 0.0865 e. The van der Waals surface area contributed by atoms with E-state index in [1.54, 1.807) is 13.8 Å². The molecule has 1 fully saturated rings. The maximum Gasteiger partial charge on any atom is 0.0865 e. The van der Waals surface area contributed by atoms with Crippen molar-refractivity contribution in [1.29, 1.82) is 0 Å². The van der Waals surface area contributed by atoms with Crippen LogP contribution in [0.15, 0.2) is 0 Å². The Bertz CT molecular complexity index is 162. The molecule has 1 N–H and O–H groups in total. The summed E-state index contributed by atoms with van der Waals surface area (Å²) in [7, 11) is 0. The van der Waals surface area contributed by atoms with Crippen LogP contribution in [0.3, 0.4) is 0 Å². The van der Waals surface area contributed by atoms with Crippen LogP contribution < -0.4 is 0 Å². The van der Waals surface area contributed by atoms with Crippen LogP contribution in [-0.2, 0) is 9.47 Å². The molecular weight excluding hydrogens is 168 g/mol. The molecule has 78 valence electrons. The van der Waals surface area contributed by atoms with Crippen LogP contribution in [0.4, 0.5) is 0 Å². The Morgan fingerprint density at radius 3 is 2.54 bits per heavy atom. The molecule has 0 amide bonds. The van der Waals surface area contributed by atoms with E-state index in [9.17, 15) is 5.11 Å². The van der Waals surface area contributed by atoms with Crippen molar-refractivity contribution in [2.24, 2.45) is 0 Å². The molecule has 13 heavy (non-hydrogen) atoms. The number of hydrogen-bond donors (Lipinski definition) is 1. The van der Waals surface area contributed by atoms with Gasteiger partial charge in [-0.3, -0.25) is 0 Å². The normalized spacial score (nSPS) is 36.2. The molecule has 1 aliphatic heterocycles. The summed E-state index contributed by atoms with van der Waals surface area (Å²) < 4.78 is 11.2. The van der Waals surface area contributed by atoms with Gasteiger partial charge in [0.05, 0.1) is 30.5 Å². The van der Waals surface area contributed by atoms with Gasteiger partial charge in [-0.2, -0.15) is 0 Å². The summed E-state index contributed by atoms with van der Waals surface area (Å²) in [6.45, 7) is 8.22. The third-order valence-electron chi connectivity index (χ3n) is 2.23. The van der Waals surface area contributed by atoms with Gasteiger partial charge in [-0.05, 0) is 27.7 Å². The molecule has 0 saturated carbocycles. The van der Waals surface area contributed by atoms with E-state index >= 15 is 0 Å². The second-order valence-electron chi connectivity index (χ2n) is 4.54. The molecule has 1 saturated heterocycles. The van der Waals surface area contributed by atoms with Gasteiger partial charge < -0.3 is 14.6 Å². The molecule has 0 aliphatic carbocycles. The first-order chi connectivity index (χ1) is 5.88. The number of ether oxygens (including phenoxy) is 2. The van der Waals surface area contributed by atoms with Gasteiger partial charge in [0.15, 0.2) is 0 Å². The van der Waals surface area contributed by atoms with Crippen molar-refractivity contribution in [3.05, 3.63) is 0 Å². The first-order valence-electron chi connectivity index (χ1n) is 4.88. The zero-order valence-electron chi connectivity index (χ0n) is 8.91. The van der Waals surface area contributed by atoms with Crippen LogP contribution in [0.2, 0.25) is 0 Å². The third kappa shape index (κ3) is 3.63. The molecule has 0 radical (unpaired) electrons. The summed E-state index contributed by atoms with van der Waals surface area (Å²) in [5, 5.41) is 9.64. The highest BCUT2D eigenvalue weighted by Gasteiger charge is 2.31. The SMILES string of the molecule is CC1COC(C)C(CC(C)(C)O)O1. The summed E-state index contributed by atoms with van der Waals surface area (Å²) in [6, 6.07) is 0. The van der Waals surface area contributed by atoms with Crippen molar-refractivity contribution in [2.75, 3.05) is 6.61 Å². The van der Waals surface area contributed by atoms with E-state index in [4.69, 9.17) is 9.47 Å². The zero-order chi connectivity index (χ0) is 10.1. The largest absolute Gasteiger partial charge is 0.390 e.